The van der Waals surface area contributed by atoms with Gasteiger partial charge in [0, 0.05) is 18.8 Å². The van der Waals surface area contributed by atoms with Crippen LogP contribution >= 0.6 is 0 Å². The third-order valence-electron chi connectivity index (χ3n) is 4.26. The summed E-state index contributed by atoms with van der Waals surface area (Å²) in [6.45, 7) is 1.43. The number of likely N-dealkylation sites (tertiary alicyclic amines) is 1. The number of hydrogen-bond acceptors (Lipinski definition) is 3. The second kappa shape index (κ2) is 5.14. The van der Waals surface area contributed by atoms with Crippen molar-refractivity contribution in [3.05, 3.63) is 29.8 Å². The van der Waals surface area contributed by atoms with E-state index in [2.05, 4.69) is 11.4 Å². The van der Waals surface area contributed by atoms with Crippen LogP contribution in [0.2, 0.25) is 0 Å². The van der Waals surface area contributed by atoms with Crippen LogP contribution in [0.25, 0.3) is 0 Å². The summed E-state index contributed by atoms with van der Waals surface area (Å²) < 4.78 is 0. The number of nitrogens with one attached hydrogen (secondary N) is 1. The van der Waals surface area contributed by atoms with E-state index in [1.807, 2.05) is 0 Å². The molecule has 2 atom stereocenters. The van der Waals surface area contributed by atoms with Crippen LogP contribution < -0.4 is 5.32 Å². The smallest absolute Gasteiger partial charge is 0.321 e. The van der Waals surface area contributed by atoms with Crippen molar-refractivity contribution in [1.29, 1.82) is 5.26 Å². The van der Waals surface area contributed by atoms with Crippen molar-refractivity contribution in [2.24, 2.45) is 11.8 Å². The highest BCUT2D eigenvalue weighted by Gasteiger charge is 2.41. The van der Waals surface area contributed by atoms with Gasteiger partial charge in [0.1, 0.15) is 0 Å². The van der Waals surface area contributed by atoms with Crippen LogP contribution in [0.4, 0.5) is 10.5 Å². The van der Waals surface area contributed by atoms with Crippen LogP contribution in [0.3, 0.4) is 0 Å². The highest BCUT2D eigenvalue weighted by molar-refractivity contribution is 5.89. The van der Waals surface area contributed by atoms with Crippen molar-refractivity contribution in [2.75, 3.05) is 18.4 Å². The molecule has 104 valence electrons. The summed E-state index contributed by atoms with van der Waals surface area (Å²) >= 11 is 0. The lowest BCUT2D eigenvalue weighted by Crippen LogP contribution is -2.34. The van der Waals surface area contributed by atoms with Gasteiger partial charge in [-0.15, -0.1) is 0 Å². The van der Waals surface area contributed by atoms with Gasteiger partial charge in [-0.2, -0.15) is 5.26 Å². The molecule has 5 heteroatoms. The minimum atomic E-state index is -0.192. The van der Waals surface area contributed by atoms with Crippen molar-refractivity contribution in [2.45, 2.75) is 18.9 Å². The van der Waals surface area contributed by atoms with Crippen molar-refractivity contribution in [3.8, 4) is 6.07 Å². The molecule has 1 aromatic carbocycles. The van der Waals surface area contributed by atoms with Gasteiger partial charge >= 0.3 is 6.03 Å². The molecular weight excluding hydrogens is 254 g/mol. The molecule has 5 nitrogen and oxygen atoms in total. The van der Waals surface area contributed by atoms with Crippen LogP contribution in [0.15, 0.2) is 24.3 Å². The summed E-state index contributed by atoms with van der Waals surface area (Å²) in [7, 11) is 0. The molecule has 2 unspecified atom stereocenters. The Balaban J connectivity index is 1.62. The van der Waals surface area contributed by atoms with Crippen LogP contribution in [-0.2, 0) is 0 Å². The number of amides is 2. The highest BCUT2D eigenvalue weighted by Crippen LogP contribution is 2.38. The Morgan fingerprint density at radius 1 is 1.35 bits per heavy atom. The van der Waals surface area contributed by atoms with Crippen molar-refractivity contribution in [3.63, 3.8) is 0 Å². The molecule has 2 N–H and O–H groups in total. The molecule has 1 aromatic rings. The first-order chi connectivity index (χ1) is 9.65. The molecular formula is C15H17N3O2. The SMILES string of the molecule is N#Cc1cccc(NC(=O)N2CC3CC(O)CC3C2)c1. The molecule has 2 aliphatic rings. The van der Waals surface area contributed by atoms with E-state index in [4.69, 9.17) is 5.26 Å². The summed E-state index contributed by atoms with van der Waals surface area (Å²) in [5.74, 6) is 0.863. The summed E-state index contributed by atoms with van der Waals surface area (Å²) in [5.41, 5.74) is 1.18. The molecule has 0 bridgehead atoms. The Kier molecular flexibility index (Phi) is 3.33. The molecule has 20 heavy (non-hydrogen) atoms. The lowest BCUT2D eigenvalue weighted by Gasteiger charge is -2.18. The first-order valence-corrected chi connectivity index (χ1v) is 6.90. The average molecular weight is 271 g/mol. The van der Waals surface area contributed by atoms with Crippen molar-refractivity contribution < 1.29 is 9.90 Å². The number of rotatable bonds is 1. The lowest BCUT2D eigenvalue weighted by molar-refractivity contribution is 0.163. The maximum absolute atomic E-state index is 12.2. The number of fused-ring (bicyclic) bond motifs is 1. The van der Waals surface area contributed by atoms with Gasteiger partial charge in [-0.3, -0.25) is 0 Å². The Bertz CT molecular complexity index is 552. The lowest BCUT2D eigenvalue weighted by atomic mass is 10.0. The number of anilines is 1. The standard InChI is InChI=1S/C15H17N3O2/c16-7-10-2-1-3-13(4-10)17-15(20)18-8-11-5-14(19)6-12(11)9-18/h1-4,11-12,14,19H,5-6,8-9H2,(H,17,20). The maximum Gasteiger partial charge on any atom is 0.321 e. The van der Waals surface area contributed by atoms with Gasteiger partial charge in [0.15, 0.2) is 0 Å². The first kappa shape index (κ1) is 12.9. The van der Waals surface area contributed by atoms with Gasteiger partial charge in [0.05, 0.1) is 17.7 Å². The van der Waals surface area contributed by atoms with E-state index in [1.54, 1.807) is 29.2 Å². The third kappa shape index (κ3) is 2.47. The maximum atomic E-state index is 12.2. The van der Waals surface area contributed by atoms with Crippen LogP contribution in [0.5, 0.6) is 0 Å². The minimum absolute atomic E-state index is 0.121. The largest absolute Gasteiger partial charge is 0.393 e. The Morgan fingerprint density at radius 2 is 2.05 bits per heavy atom. The summed E-state index contributed by atoms with van der Waals surface area (Å²) in [6.07, 6.45) is 1.42. The molecule has 1 saturated carbocycles. The Morgan fingerprint density at radius 3 is 2.70 bits per heavy atom. The third-order valence-corrected chi connectivity index (χ3v) is 4.26. The highest BCUT2D eigenvalue weighted by atomic mass is 16.3. The average Bonchev–Trinajstić information content (AvgIpc) is 2.96. The first-order valence-electron chi connectivity index (χ1n) is 6.90. The summed E-state index contributed by atoms with van der Waals surface area (Å²) in [5, 5.41) is 21.3. The second-order valence-corrected chi connectivity index (χ2v) is 5.67. The van der Waals surface area contributed by atoms with Gasteiger partial charge < -0.3 is 15.3 Å². The fourth-order valence-corrected chi connectivity index (χ4v) is 3.30. The molecule has 1 saturated heterocycles. The van der Waals surface area contributed by atoms with Crippen LogP contribution in [0.1, 0.15) is 18.4 Å². The van der Waals surface area contributed by atoms with Crippen LogP contribution in [-0.4, -0.2) is 35.2 Å². The number of benzene rings is 1. The number of carbonyl (C=O) groups is 1. The fraction of sp³-hybridized carbons (Fsp3) is 0.467. The van der Waals surface area contributed by atoms with E-state index in [-0.39, 0.29) is 12.1 Å². The van der Waals surface area contributed by atoms with Gasteiger partial charge in [0.25, 0.3) is 0 Å². The van der Waals surface area contributed by atoms with Gasteiger partial charge in [-0.05, 0) is 42.9 Å². The zero-order chi connectivity index (χ0) is 14.1. The molecule has 0 spiro atoms. The number of nitrogens with zero attached hydrogens (tertiary/aromatic N) is 2. The van der Waals surface area contributed by atoms with Crippen LogP contribution in [0, 0.1) is 23.2 Å². The summed E-state index contributed by atoms with van der Waals surface area (Å²) in [4.78, 5) is 14.0. The monoisotopic (exact) mass is 271 g/mol. The number of aliphatic hydroxyl groups excluding tert-OH is 1. The number of hydrogen-bond donors (Lipinski definition) is 2. The Labute approximate surface area is 117 Å². The van der Waals surface area contributed by atoms with E-state index >= 15 is 0 Å². The normalized spacial score (nSPS) is 28.0. The molecule has 0 aromatic heterocycles. The number of aliphatic hydroxyl groups is 1. The molecule has 3 rings (SSSR count). The molecule has 2 amide bonds. The van der Waals surface area contributed by atoms with E-state index in [1.165, 1.54) is 0 Å². The van der Waals surface area contributed by atoms with Crippen molar-refractivity contribution in [1.82, 2.24) is 4.90 Å². The van der Waals surface area contributed by atoms with E-state index in [0.717, 1.165) is 12.8 Å². The van der Waals surface area contributed by atoms with Gasteiger partial charge in [-0.25, -0.2) is 4.79 Å². The zero-order valence-electron chi connectivity index (χ0n) is 11.1. The van der Waals surface area contributed by atoms with Gasteiger partial charge in [-0.1, -0.05) is 6.07 Å². The predicted octanol–water partition coefficient (Wildman–Crippen LogP) is 1.79. The van der Waals surface area contributed by atoms with Crippen molar-refractivity contribution >= 4 is 11.7 Å². The molecule has 1 heterocycles. The van der Waals surface area contributed by atoms with E-state index in [0.29, 0.717) is 36.2 Å². The molecule has 1 aliphatic heterocycles. The number of nitriles is 1. The molecule has 0 radical (unpaired) electrons. The summed E-state index contributed by atoms with van der Waals surface area (Å²) in [6, 6.07) is 8.83. The second-order valence-electron chi connectivity index (χ2n) is 5.67. The zero-order valence-corrected chi connectivity index (χ0v) is 11.1. The molecule has 1 aliphatic carbocycles. The van der Waals surface area contributed by atoms with Gasteiger partial charge in [0.2, 0.25) is 0 Å². The quantitative estimate of drug-likeness (QED) is 0.817. The van der Waals surface area contributed by atoms with E-state index < -0.39 is 0 Å². The minimum Gasteiger partial charge on any atom is -0.393 e. The fourth-order valence-electron chi connectivity index (χ4n) is 3.30. The topological polar surface area (TPSA) is 76.4 Å². The predicted molar refractivity (Wildman–Crippen MR) is 74.0 cm³/mol. The number of urea groups is 1. The molecule has 2 fully saturated rings. The van der Waals surface area contributed by atoms with E-state index in [9.17, 15) is 9.90 Å². The Hall–Kier alpha value is -2.06. The number of carbonyl (C=O) groups excluding carboxylic acids is 1.